The Labute approximate surface area is 118 Å². The molecule has 0 aliphatic heterocycles. The van der Waals surface area contributed by atoms with E-state index >= 15 is 0 Å². The lowest BCUT2D eigenvalue weighted by atomic mass is 10.2. The Kier molecular flexibility index (Phi) is 4.40. The number of carbonyl (C=O) groups excluding carboxylic acids is 2. The first-order chi connectivity index (χ1) is 9.58. The Hall–Kier alpha value is -2.30. The van der Waals surface area contributed by atoms with Crippen LogP contribution in [0.2, 0.25) is 0 Å². The summed E-state index contributed by atoms with van der Waals surface area (Å²) >= 11 is 0. The molecule has 5 heteroatoms. The highest BCUT2D eigenvalue weighted by molar-refractivity contribution is 6.13. The van der Waals surface area contributed by atoms with Crippen LogP contribution in [-0.2, 0) is 4.79 Å². The molecule has 2 rings (SSSR count). The molecule has 0 radical (unpaired) electrons. The number of hydrogen-bond acceptors (Lipinski definition) is 3. The molecule has 1 aromatic carbocycles. The molecule has 1 aromatic rings. The van der Waals surface area contributed by atoms with Gasteiger partial charge in [-0.2, -0.15) is 0 Å². The lowest BCUT2D eigenvalue weighted by Gasteiger charge is -2.19. The van der Waals surface area contributed by atoms with Crippen LogP contribution in [0.15, 0.2) is 36.0 Å². The average molecular weight is 273 g/mol. The fraction of sp³-hybridized carbons (Fsp3) is 0.333. The second kappa shape index (κ2) is 6.23. The molecule has 0 spiro atoms. The molecule has 3 N–H and O–H groups in total. The van der Waals surface area contributed by atoms with Gasteiger partial charge < -0.3 is 11.1 Å². The van der Waals surface area contributed by atoms with Crippen LogP contribution < -0.4 is 16.0 Å². The standard InChI is InChI=1S/C15H19N3O2/c1-11(19)18(14-8-6-13(16)7-9-14)15(20)17-10-12-4-2-3-5-12/h6-10H,2-5,16H2,1H3,(H,17,20). The fourth-order valence-electron chi connectivity index (χ4n) is 2.27. The minimum Gasteiger partial charge on any atom is -0.399 e. The zero-order valence-electron chi connectivity index (χ0n) is 11.6. The van der Waals surface area contributed by atoms with E-state index in [0.717, 1.165) is 30.6 Å². The van der Waals surface area contributed by atoms with Crippen LogP contribution in [0.5, 0.6) is 0 Å². The predicted octanol–water partition coefficient (Wildman–Crippen LogP) is 2.79. The van der Waals surface area contributed by atoms with E-state index in [9.17, 15) is 9.59 Å². The summed E-state index contributed by atoms with van der Waals surface area (Å²) in [5.41, 5.74) is 7.93. The van der Waals surface area contributed by atoms with Gasteiger partial charge in [0.25, 0.3) is 0 Å². The molecule has 3 amide bonds. The number of hydrogen-bond donors (Lipinski definition) is 2. The minimum atomic E-state index is -0.443. The number of nitrogens with one attached hydrogen (secondary N) is 1. The third-order valence-electron chi connectivity index (χ3n) is 3.31. The Morgan fingerprint density at radius 3 is 2.35 bits per heavy atom. The SMILES string of the molecule is CC(=O)N(C(=O)NC=C1CCCC1)c1ccc(N)cc1. The number of carbonyl (C=O) groups is 2. The fourth-order valence-corrected chi connectivity index (χ4v) is 2.27. The molecule has 0 saturated heterocycles. The average Bonchev–Trinajstić information content (AvgIpc) is 2.92. The number of anilines is 2. The zero-order chi connectivity index (χ0) is 14.5. The van der Waals surface area contributed by atoms with E-state index in [1.165, 1.54) is 12.5 Å². The van der Waals surface area contributed by atoms with Gasteiger partial charge >= 0.3 is 6.03 Å². The lowest BCUT2D eigenvalue weighted by molar-refractivity contribution is -0.115. The Morgan fingerprint density at radius 2 is 1.80 bits per heavy atom. The first-order valence-corrected chi connectivity index (χ1v) is 6.72. The van der Waals surface area contributed by atoms with Gasteiger partial charge in [-0.15, -0.1) is 0 Å². The van der Waals surface area contributed by atoms with Gasteiger partial charge in [-0.25, -0.2) is 9.69 Å². The maximum Gasteiger partial charge on any atom is 0.332 e. The molecule has 0 bridgehead atoms. The normalized spacial score (nSPS) is 13.9. The Morgan fingerprint density at radius 1 is 1.20 bits per heavy atom. The van der Waals surface area contributed by atoms with Crippen molar-refractivity contribution in [1.82, 2.24) is 5.32 Å². The number of nitrogens with two attached hydrogens (primary N) is 1. The second-order valence-electron chi connectivity index (χ2n) is 4.91. The molecule has 106 valence electrons. The van der Waals surface area contributed by atoms with Gasteiger partial charge in [0.15, 0.2) is 0 Å². The molecule has 0 heterocycles. The number of urea groups is 1. The van der Waals surface area contributed by atoms with Gasteiger partial charge in [0.05, 0.1) is 5.69 Å². The summed E-state index contributed by atoms with van der Waals surface area (Å²) in [5.74, 6) is -0.336. The van der Waals surface area contributed by atoms with Crippen molar-refractivity contribution in [2.45, 2.75) is 32.6 Å². The van der Waals surface area contributed by atoms with Crippen LogP contribution in [0.1, 0.15) is 32.6 Å². The molecule has 20 heavy (non-hydrogen) atoms. The van der Waals surface area contributed by atoms with Crippen LogP contribution in [0.3, 0.4) is 0 Å². The quantitative estimate of drug-likeness (QED) is 0.813. The number of allylic oxidation sites excluding steroid dienone is 1. The molecule has 5 nitrogen and oxygen atoms in total. The van der Waals surface area contributed by atoms with Gasteiger partial charge in [0.1, 0.15) is 0 Å². The van der Waals surface area contributed by atoms with Gasteiger partial charge in [-0.3, -0.25) is 4.79 Å². The molecule has 1 aliphatic rings. The molecule has 1 aliphatic carbocycles. The van der Waals surface area contributed by atoms with Gasteiger partial charge in [0, 0.05) is 18.8 Å². The summed E-state index contributed by atoms with van der Waals surface area (Å²) in [5, 5.41) is 2.69. The summed E-state index contributed by atoms with van der Waals surface area (Å²) in [6.45, 7) is 1.36. The van der Waals surface area contributed by atoms with Crippen LogP contribution >= 0.6 is 0 Å². The summed E-state index contributed by atoms with van der Waals surface area (Å²) < 4.78 is 0. The third kappa shape index (κ3) is 3.38. The van der Waals surface area contributed by atoms with Crippen molar-refractivity contribution in [3.05, 3.63) is 36.0 Å². The van der Waals surface area contributed by atoms with E-state index in [4.69, 9.17) is 5.73 Å². The lowest BCUT2D eigenvalue weighted by Crippen LogP contribution is -2.41. The number of rotatable bonds is 2. The van der Waals surface area contributed by atoms with Gasteiger partial charge in [-0.05, 0) is 49.9 Å². The zero-order valence-corrected chi connectivity index (χ0v) is 11.6. The molecule has 1 fully saturated rings. The van der Waals surface area contributed by atoms with Crippen LogP contribution in [0.25, 0.3) is 0 Å². The van der Waals surface area contributed by atoms with E-state index in [-0.39, 0.29) is 5.91 Å². The number of benzene rings is 1. The molecular formula is C15H19N3O2. The largest absolute Gasteiger partial charge is 0.399 e. The number of nitrogens with zero attached hydrogens (tertiary/aromatic N) is 1. The maximum atomic E-state index is 12.1. The van der Waals surface area contributed by atoms with Crippen molar-refractivity contribution in [3.63, 3.8) is 0 Å². The van der Waals surface area contributed by atoms with Crippen LogP contribution in [0.4, 0.5) is 16.2 Å². The number of imide groups is 1. The van der Waals surface area contributed by atoms with E-state index in [1.807, 2.05) is 0 Å². The van der Waals surface area contributed by atoms with Gasteiger partial charge in [0.2, 0.25) is 5.91 Å². The minimum absolute atomic E-state index is 0.336. The maximum absolute atomic E-state index is 12.1. The highest BCUT2D eigenvalue weighted by Crippen LogP contribution is 2.23. The monoisotopic (exact) mass is 273 g/mol. The number of nitrogen functional groups attached to an aromatic ring is 1. The van der Waals surface area contributed by atoms with Crippen LogP contribution in [0, 0.1) is 0 Å². The number of amides is 3. The molecule has 0 unspecified atom stereocenters. The molecular weight excluding hydrogens is 254 g/mol. The molecule has 0 atom stereocenters. The van der Waals surface area contributed by atoms with Gasteiger partial charge in [-0.1, -0.05) is 5.57 Å². The topological polar surface area (TPSA) is 75.4 Å². The van der Waals surface area contributed by atoms with E-state index < -0.39 is 6.03 Å². The summed E-state index contributed by atoms with van der Waals surface area (Å²) in [7, 11) is 0. The smallest absolute Gasteiger partial charge is 0.332 e. The first-order valence-electron chi connectivity index (χ1n) is 6.72. The van der Waals surface area contributed by atoms with Crippen LogP contribution in [-0.4, -0.2) is 11.9 Å². The summed E-state index contributed by atoms with van der Waals surface area (Å²) in [6, 6.07) is 6.18. The van der Waals surface area contributed by atoms with Crippen molar-refractivity contribution in [2.75, 3.05) is 10.6 Å². The van der Waals surface area contributed by atoms with Crippen molar-refractivity contribution in [3.8, 4) is 0 Å². The molecule has 0 aromatic heterocycles. The Balaban J connectivity index is 2.11. The Bertz CT molecular complexity index is 527. The predicted molar refractivity (Wildman–Crippen MR) is 79.1 cm³/mol. The highest BCUT2D eigenvalue weighted by Gasteiger charge is 2.19. The van der Waals surface area contributed by atoms with E-state index in [1.54, 1.807) is 30.5 Å². The third-order valence-corrected chi connectivity index (χ3v) is 3.31. The van der Waals surface area contributed by atoms with E-state index in [0.29, 0.717) is 11.4 Å². The van der Waals surface area contributed by atoms with Crippen molar-refractivity contribution < 1.29 is 9.59 Å². The van der Waals surface area contributed by atoms with Crippen molar-refractivity contribution in [2.24, 2.45) is 0 Å². The second-order valence-corrected chi connectivity index (χ2v) is 4.91. The summed E-state index contributed by atoms with van der Waals surface area (Å²) in [6.07, 6.45) is 6.08. The molecule has 1 saturated carbocycles. The van der Waals surface area contributed by atoms with Crippen molar-refractivity contribution in [1.29, 1.82) is 0 Å². The first kappa shape index (κ1) is 14.1. The highest BCUT2D eigenvalue weighted by atomic mass is 16.2. The summed E-state index contributed by atoms with van der Waals surface area (Å²) in [4.78, 5) is 24.9. The van der Waals surface area contributed by atoms with E-state index in [2.05, 4.69) is 5.32 Å². The van der Waals surface area contributed by atoms with Crippen molar-refractivity contribution >= 4 is 23.3 Å².